The fourth-order valence-corrected chi connectivity index (χ4v) is 2.34. The summed E-state index contributed by atoms with van der Waals surface area (Å²) in [7, 11) is 1.59. The van der Waals surface area contributed by atoms with Crippen LogP contribution in [0.4, 0.5) is 0 Å². The van der Waals surface area contributed by atoms with Crippen molar-refractivity contribution < 1.29 is 9.53 Å². The first-order valence-corrected chi connectivity index (χ1v) is 5.83. The first-order valence-electron chi connectivity index (χ1n) is 4.22. The molecule has 0 unspecified atom stereocenters. The topological polar surface area (TPSA) is 38.3 Å². The number of halogens is 1. The van der Waals surface area contributed by atoms with Crippen molar-refractivity contribution in [3.8, 4) is 0 Å². The Hall–Kier alpha value is -0.390. The van der Waals surface area contributed by atoms with Crippen LogP contribution in [0, 0.1) is 0 Å². The Morgan fingerprint density at radius 2 is 2.43 bits per heavy atom. The van der Waals surface area contributed by atoms with Crippen LogP contribution in [0.2, 0.25) is 0 Å². The van der Waals surface area contributed by atoms with Gasteiger partial charge in [0.2, 0.25) is 5.91 Å². The van der Waals surface area contributed by atoms with E-state index in [4.69, 9.17) is 4.74 Å². The minimum Gasteiger partial charge on any atom is -0.384 e. The Morgan fingerprint density at radius 3 is 3.00 bits per heavy atom. The van der Waals surface area contributed by atoms with Crippen molar-refractivity contribution in [1.29, 1.82) is 0 Å². The highest BCUT2D eigenvalue weighted by Gasteiger charge is 2.02. The van der Waals surface area contributed by atoms with Crippen LogP contribution in [0.15, 0.2) is 15.9 Å². The third-order valence-corrected chi connectivity index (χ3v) is 3.25. The van der Waals surface area contributed by atoms with Gasteiger partial charge in [-0.05, 0) is 28.1 Å². The van der Waals surface area contributed by atoms with Crippen LogP contribution in [0.5, 0.6) is 0 Å². The lowest BCUT2D eigenvalue weighted by atomic mass is 10.4. The fraction of sp³-hybridized carbons (Fsp3) is 0.444. The number of amides is 1. The number of thiophene rings is 1. The van der Waals surface area contributed by atoms with Crippen LogP contribution in [-0.2, 0) is 16.1 Å². The highest BCUT2D eigenvalue weighted by atomic mass is 79.9. The molecule has 1 amide bonds. The summed E-state index contributed by atoms with van der Waals surface area (Å²) in [6, 6.07) is 3.96. The summed E-state index contributed by atoms with van der Waals surface area (Å²) in [4.78, 5) is 12.3. The third-order valence-electron chi connectivity index (χ3n) is 1.62. The van der Waals surface area contributed by atoms with Gasteiger partial charge in [0.1, 0.15) is 0 Å². The summed E-state index contributed by atoms with van der Waals surface area (Å²) >= 11 is 4.99. The number of carbonyl (C=O) groups is 1. The highest BCUT2D eigenvalue weighted by Crippen LogP contribution is 2.21. The molecular formula is C9H12BrNO2S. The lowest BCUT2D eigenvalue weighted by Crippen LogP contribution is -2.23. The van der Waals surface area contributed by atoms with Gasteiger partial charge in [0.15, 0.2) is 0 Å². The molecule has 0 aliphatic heterocycles. The Labute approximate surface area is 95.6 Å². The van der Waals surface area contributed by atoms with Crippen molar-refractivity contribution in [3.05, 3.63) is 20.8 Å². The SMILES string of the molecule is COCCC(=O)NCc1ccc(Br)s1. The van der Waals surface area contributed by atoms with E-state index in [1.165, 1.54) is 0 Å². The minimum absolute atomic E-state index is 0.0244. The first-order chi connectivity index (χ1) is 6.72. The van der Waals surface area contributed by atoms with Gasteiger partial charge in [-0.25, -0.2) is 0 Å². The van der Waals surface area contributed by atoms with Crippen LogP contribution < -0.4 is 5.32 Å². The van der Waals surface area contributed by atoms with Crippen LogP contribution in [0.1, 0.15) is 11.3 Å². The van der Waals surface area contributed by atoms with Crippen molar-refractivity contribution in [2.24, 2.45) is 0 Å². The Bertz CT molecular complexity index is 301. The van der Waals surface area contributed by atoms with Crippen molar-refractivity contribution in [3.63, 3.8) is 0 Å². The maximum absolute atomic E-state index is 11.2. The molecule has 0 radical (unpaired) electrons. The number of methoxy groups -OCH3 is 1. The van der Waals surface area contributed by atoms with E-state index in [2.05, 4.69) is 21.2 Å². The van der Waals surface area contributed by atoms with Gasteiger partial charge in [0.25, 0.3) is 0 Å². The second kappa shape index (κ2) is 6.16. The van der Waals surface area contributed by atoms with Gasteiger partial charge in [-0.3, -0.25) is 4.79 Å². The molecule has 0 saturated carbocycles. The number of nitrogens with one attached hydrogen (secondary N) is 1. The maximum atomic E-state index is 11.2. The van der Waals surface area contributed by atoms with Gasteiger partial charge in [-0.1, -0.05) is 0 Å². The largest absolute Gasteiger partial charge is 0.384 e. The van der Waals surface area contributed by atoms with Gasteiger partial charge in [-0.2, -0.15) is 0 Å². The van der Waals surface area contributed by atoms with Crippen LogP contribution in [-0.4, -0.2) is 19.6 Å². The second-order valence-corrected chi connectivity index (χ2v) is 5.27. The number of rotatable bonds is 5. The smallest absolute Gasteiger partial charge is 0.222 e. The van der Waals surface area contributed by atoms with Crippen molar-refractivity contribution in [2.75, 3.05) is 13.7 Å². The number of hydrogen-bond acceptors (Lipinski definition) is 3. The van der Waals surface area contributed by atoms with E-state index in [0.29, 0.717) is 19.6 Å². The molecule has 1 N–H and O–H groups in total. The van der Waals surface area contributed by atoms with Gasteiger partial charge in [0, 0.05) is 18.4 Å². The second-order valence-electron chi connectivity index (χ2n) is 2.73. The molecule has 0 spiro atoms. The molecule has 1 rings (SSSR count). The zero-order valence-electron chi connectivity index (χ0n) is 7.88. The normalized spacial score (nSPS) is 10.1. The van der Waals surface area contributed by atoms with Crippen molar-refractivity contribution >= 4 is 33.2 Å². The number of ether oxygens (including phenoxy) is 1. The van der Waals surface area contributed by atoms with E-state index in [0.717, 1.165) is 8.66 Å². The summed E-state index contributed by atoms with van der Waals surface area (Å²) in [5.41, 5.74) is 0. The molecule has 0 atom stereocenters. The zero-order chi connectivity index (χ0) is 10.4. The standard InChI is InChI=1S/C9H12BrNO2S/c1-13-5-4-9(12)11-6-7-2-3-8(10)14-7/h2-3H,4-6H2,1H3,(H,11,12). The number of carbonyl (C=O) groups excluding carboxylic acids is 1. The summed E-state index contributed by atoms with van der Waals surface area (Å²) in [6.45, 7) is 1.07. The quantitative estimate of drug-likeness (QED) is 0.896. The molecule has 0 aromatic carbocycles. The molecule has 1 aromatic rings. The van der Waals surface area contributed by atoms with Crippen molar-refractivity contribution in [1.82, 2.24) is 5.32 Å². The summed E-state index contributed by atoms with van der Waals surface area (Å²) in [6.07, 6.45) is 0.420. The maximum Gasteiger partial charge on any atom is 0.222 e. The van der Waals surface area contributed by atoms with E-state index in [9.17, 15) is 4.79 Å². The molecule has 0 aliphatic carbocycles. The first kappa shape index (κ1) is 11.7. The molecule has 14 heavy (non-hydrogen) atoms. The van der Waals surface area contributed by atoms with Crippen molar-refractivity contribution in [2.45, 2.75) is 13.0 Å². The van der Waals surface area contributed by atoms with Gasteiger partial charge in [-0.15, -0.1) is 11.3 Å². The van der Waals surface area contributed by atoms with E-state index in [-0.39, 0.29) is 5.91 Å². The molecule has 0 aliphatic rings. The molecule has 1 aromatic heterocycles. The summed E-state index contributed by atoms with van der Waals surface area (Å²) < 4.78 is 5.88. The zero-order valence-corrected chi connectivity index (χ0v) is 10.3. The third kappa shape index (κ3) is 4.21. The van der Waals surface area contributed by atoms with E-state index in [1.807, 2.05) is 12.1 Å². The molecule has 0 fully saturated rings. The molecule has 78 valence electrons. The lowest BCUT2D eigenvalue weighted by molar-refractivity contribution is -0.122. The molecule has 1 heterocycles. The van der Waals surface area contributed by atoms with E-state index >= 15 is 0 Å². The van der Waals surface area contributed by atoms with Gasteiger partial charge in [0.05, 0.1) is 16.9 Å². The molecule has 0 bridgehead atoms. The predicted molar refractivity (Wildman–Crippen MR) is 60.4 cm³/mol. The van der Waals surface area contributed by atoms with Gasteiger partial charge >= 0.3 is 0 Å². The lowest BCUT2D eigenvalue weighted by Gasteiger charge is -2.02. The molecular weight excluding hydrogens is 266 g/mol. The Balaban J connectivity index is 2.23. The van der Waals surface area contributed by atoms with Crippen LogP contribution in [0.25, 0.3) is 0 Å². The minimum atomic E-state index is 0.0244. The Morgan fingerprint density at radius 1 is 1.64 bits per heavy atom. The van der Waals surface area contributed by atoms with E-state index < -0.39 is 0 Å². The molecule has 3 nitrogen and oxygen atoms in total. The molecule has 0 saturated heterocycles. The average Bonchev–Trinajstić information content (AvgIpc) is 2.58. The summed E-state index contributed by atoms with van der Waals surface area (Å²) in [5, 5.41) is 2.82. The number of hydrogen-bond donors (Lipinski definition) is 1. The van der Waals surface area contributed by atoms with Gasteiger partial charge < -0.3 is 10.1 Å². The van der Waals surface area contributed by atoms with Crippen LogP contribution >= 0.6 is 27.3 Å². The average molecular weight is 278 g/mol. The highest BCUT2D eigenvalue weighted by molar-refractivity contribution is 9.11. The Kier molecular flexibility index (Phi) is 5.14. The fourth-order valence-electron chi connectivity index (χ4n) is 0.916. The summed E-state index contributed by atoms with van der Waals surface area (Å²) in [5.74, 6) is 0.0244. The monoisotopic (exact) mass is 277 g/mol. The van der Waals surface area contributed by atoms with E-state index in [1.54, 1.807) is 18.4 Å². The predicted octanol–water partition coefficient (Wildman–Crippen LogP) is 2.16. The van der Waals surface area contributed by atoms with Crippen LogP contribution in [0.3, 0.4) is 0 Å². The molecule has 5 heteroatoms.